The Morgan fingerprint density at radius 3 is 2.50 bits per heavy atom. The van der Waals surface area contributed by atoms with E-state index >= 15 is 0 Å². The van der Waals surface area contributed by atoms with Gasteiger partial charge in [-0.05, 0) is 35.0 Å². The zero-order valence-corrected chi connectivity index (χ0v) is 14.2. The lowest BCUT2D eigenvalue weighted by Crippen LogP contribution is -2.43. The van der Waals surface area contributed by atoms with Gasteiger partial charge in [-0.3, -0.25) is 9.59 Å². The van der Waals surface area contributed by atoms with Crippen LogP contribution in [0.1, 0.15) is 6.92 Å². The Balaban J connectivity index is 0. The van der Waals surface area contributed by atoms with Crippen LogP contribution in [0.25, 0.3) is 0 Å². The summed E-state index contributed by atoms with van der Waals surface area (Å²) in [7, 11) is 1.53. The Hall–Kier alpha value is -0.890. The van der Waals surface area contributed by atoms with Crippen LogP contribution < -0.4 is 11.1 Å². The van der Waals surface area contributed by atoms with Crippen LogP contribution in [0.3, 0.4) is 0 Å². The average Bonchev–Trinajstić information content (AvgIpc) is 2.30. The van der Waals surface area contributed by atoms with Gasteiger partial charge in [-0.1, -0.05) is 0 Å². The highest BCUT2D eigenvalue weighted by molar-refractivity contribution is 9.10. The third-order valence-corrected chi connectivity index (χ3v) is 2.61. The predicted molar refractivity (Wildman–Crippen MR) is 86.3 cm³/mol. The fourth-order valence-electron chi connectivity index (χ4n) is 1.27. The van der Waals surface area contributed by atoms with E-state index < -0.39 is 6.04 Å². The van der Waals surface area contributed by atoms with Crippen molar-refractivity contribution in [1.82, 2.24) is 9.88 Å². The summed E-state index contributed by atoms with van der Waals surface area (Å²) in [6.07, 6.45) is 1.58. The number of carbonyl (C=O) groups is 2. The van der Waals surface area contributed by atoms with E-state index in [9.17, 15) is 9.59 Å². The molecule has 0 aliphatic heterocycles. The fourth-order valence-corrected chi connectivity index (χ4v) is 1.51. The summed E-state index contributed by atoms with van der Waals surface area (Å²) < 4.78 is 0.824. The smallest absolute Gasteiger partial charge is 0.245 e. The highest BCUT2D eigenvalue weighted by Crippen LogP contribution is 2.10. The summed E-state index contributed by atoms with van der Waals surface area (Å²) in [5.74, 6) is -0.167. The van der Waals surface area contributed by atoms with E-state index in [0.717, 1.165) is 4.47 Å². The summed E-state index contributed by atoms with van der Waals surface area (Å²) in [6, 6.07) is 2.81. The minimum atomic E-state index is -0.617. The second-order valence-corrected chi connectivity index (χ2v) is 4.81. The zero-order chi connectivity index (χ0) is 13.7. The molecule has 1 aromatic rings. The molecule has 0 bridgehead atoms. The van der Waals surface area contributed by atoms with Gasteiger partial charge in [0, 0.05) is 17.7 Å². The van der Waals surface area contributed by atoms with Gasteiger partial charge < -0.3 is 16.0 Å². The number of aromatic nitrogens is 1. The lowest BCUT2D eigenvalue weighted by molar-refractivity contribution is -0.134. The SMILES string of the molecule is C[C@@H](N)C(=O)N(C)CC(=O)Nc1ccc(Br)cn1.Cl.Cl. The van der Waals surface area contributed by atoms with Gasteiger partial charge in [0.1, 0.15) is 5.82 Å². The van der Waals surface area contributed by atoms with Gasteiger partial charge in [0.2, 0.25) is 11.8 Å². The highest BCUT2D eigenvalue weighted by Gasteiger charge is 2.16. The maximum absolute atomic E-state index is 11.6. The van der Waals surface area contributed by atoms with E-state index in [0.29, 0.717) is 5.82 Å². The summed E-state index contributed by atoms with van der Waals surface area (Å²) >= 11 is 3.24. The Morgan fingerprint density at radius 1 is 1.45 bits per heavy atom. The first-order valence-corrected chi connectivity index (χ1v) is 6.11. The van der Waals surface area contributed by atoms with Crippen LogP contribution >= 0.6 is 40.7 Å². The maximum atomic E-state index is 11.6. The van der Waals surface area contributed by atoms with Crippen LogP contribution in [-0.2, 0) is 9.59 Å². The number of likely N-dealkylation sites (N-methyl/N-ethyl adjacent to an activating group) is 1. The molecule has 0 unspecified atom stereocenters. The van der Waals surface area contributed by atoms with Crippen molar-refractivity contribution in [2.45, 2.75) is 13.0 Å². The number of carbonyl (C=O) groups excluding carboxylic acids is 2. The lowest BCUT2D eigenvalue weighted by Gasteiger charge is -2.18. The molecule has 2 amide bonds. The lowest BCUT2D eigenvalue weighted by atomic mass is 10.3. The topological polar surface area (TPSA) is 88.3 Å². The molecule has 0 aromatic carbocycles. The van der Waals surface area contributed by atoms with Gasteiger partial charge in [-0.15, -0.1) is 24.8 Å². The van der Waals surface area contributed by atoms with Gasteiger partial charge >= 0.3 is 0 Å². The maximum Gasteiger partial charge on any atom is 0.245 e. The number of rotatable bonds is 4. The molecule has 0 radical (unpaired) electrons. The first kappa shape index (κ1) is 21.4. The molecule has 0 aliphatic carbocycles. The molecule has 0 aliphatic rings. The molecular formula is C11H17BrCl2N4O2. The number of nitrogens with one attached hydrogen (secondary N) is 1. The Labute approximate surface area is 138 Å². The number of nitrogens with zero attached hydrogens (tertiary/aromatic N) is 2. The van der Waals surface area contributed by atoms with Crippen molar-refractivity contribution >= 4 is 58.4 Å². The number of pyridine rings is 1. The summed E-state index contributed by atoms with van der Waals surface area (Å²) in [5, 5.41) is 2.59. The van der Waals surface area contributed by atoms with Crippen molar-refractivity contribution in [1.29, 1.82) is 0 Å². The van der Waals surface area contributed by atoms with E-state index in [1.807, 2.05) is 0 Å². The second kappa shape index (κ2) is 9.93. The van der Waals surface area contributed by atoms with E-state index in [-0.39, 0.29) is 43.2 Å². The molecule has 0 fully saturated rings. The van der Waals surface area contributed by atoms with Crippen LogP contribution in [0.4, 0.5) is 5.82 Å². The molecule has 1 atom stereocenters. The molecule has 0 saturated heterocycles. The normalized spacial score (nSPS) is 10.6. The number of hydrogen-bond acceptors (Lipinski definition) is 4. The summed E-state index contributed by atoms with van der Waals surface area (Å²) in [4.78, 5) is 28.4. The molecule has 1 heterocycles. The van der Waals surface area contributed by atoms with Crippen molar-refractivity contribution in [2.75, 3.05) is 18.9 Å². The van der Waals surface area contributed by atoms with Crippen LogP contribution in [-0.4, -0.2) is 41.3 Å². The molecule has 20 heavy (non-hydrogen) atoms. The second-order valence-electron chi connectivity index (χ2n) is 3.89. The van der Waals surface area contributed by atoms with Crippen LogP contribution in [0.2, 0.25) is 0 Å². The number of amides is 2. The van der Waals surface area contributed by atoms with Gasteiger partial charge in [-0.2, -0.15) is 0 Å². The largest absolute Gasteiger partial charge is 0.335 e. The average molecular weight is 388 g/mol. The molecule has 6 nitrogen and oxygen atoms in total. The molecule has 114 valence electrons. The monoisotopic (exact) mass is 386 g/mol. The number of hydrogen-bond donors (Lipinski definition) is 2. The van der Waals surface area contributed by atoms with Crippen molar-refractivity contribution in [2.24, 2.45) is 5.73 Å². The summed E-state index contributed by atoms with van der Waals surface area (Å²) in [6.45, 7) is 1.52. The third-order valence-electron chi connectivity index (χ3n) is 2.14. The number of nitrogens with two attached hydrogens (primary N) is 1. The third kappa shape index (κ3) is 7.04. The van der Waals surface area contributed by atoms with E-state index in [2.05, 4.69) is 26.2 Å². The van der Waals surface area contributed by atoms with Crippen molar-refractivity contribution in [3.05, 3.63) is 22.8 Å². The molecule has 1 rings (SSSR count). The van der Waals surface area contributed by atoms with Gasteiger partial charge in [0.15, 0.2) is 0 Å². The highest BCUT2D eigenvalue weighted by atomic mass is 79.9. The van der Waals surface area contributed by atoms with Crippen molar-refractivity contribution < 1.29 is 9.59 Å². The Morgan fingerprint density at radius 2 is 2.05 bits per heavy atom. The Bertz CT molecular complexity index is 443. The van der Waals surface area contributed by atoms with E-state index in [4.69, 9.17) is 5.73 Å². The zero-order valence-electron chi connectivity index (χ0n) is 11.0. The first-order chi connectivity index (χ1) is 8.40. The van der Waals surface area contributed by atoms with E-state index in [1.165, 1.54) is 11.9 Å². The fraction of sp³-hybridized carbons (Fsp3) is 0.364. The van der Waals surface area contributed by atoms with Crippen LogP contribution in [0, 0.1) is 0 Å². The van der Waals surface area contributed by atoms with Crippen LogP contribution in [0.15, 0.2) is 22.8 Å². The quantitative estimate of drug-likeness (QED) is 0.817. The molecule has 3 N–H and O–H groups in total. The van der Waals surface area contributed by atoms with E-state index in [1.54, 1.807) is 25.3 Å². The minimum absolute atomic E-state index is 0. The van der Waals surface area contributed by atoms with Gasteiger partial charge in [0.05, 0.1) is 12.6 Å². The summed E-state index contributed by atoms with van der Waals surface area (Å²) in [5.41, 5.74) is 5.44. The molecule has 0 saturated carbocycles. The molecular weight excluding hydrogens is 371 g/mol. The number of anilines is 1. The van der Waals surface area contributed by atoms with Gasteiger partial charge in [-0.25, -0.2) is 4.98 Å². The molecule has 0 spiro atoms. The molecule has 9 heteroatoms. The van der Waals surface area contributed by atoms with Crippen molar-refractivity contribution in [3.63, 3.8) is 0 Å². The minimum Gasteiger partial charge on any atom is -0.335 e. The number of halogens is 3. The van der Waals surface area contributed by atoms with Crippen molar-refractivity contribution in [3.8, 4) is 0 Å². The standard InChI is InChI=1S/C11H15BrN4O2.2ClH/c1-7(13)11(18)16(2)6-10(17)15-9-4-3-8(12)5-14-9;;/h3-5,7H,6,13H2,1-2H3,(H,14,15,17);2*1H/t7-;;/m1../s1. The first-order valence-electron chi connectivity index (χ1n) is 5.32. The Kier molecular flexibility index (Phi) is 10.6. The predicted octanol–water partition coefficient (Wildman–Crippen LogP) is 1.43. The molecule has 1 aromatic heterocycles. The van der Waals surface area contributed by atoms with Crippen LogP contribution in [0.5, 0.6) is 0 Å². The van der Waals surface area contributed by atoms with Gasteiger partial charge in [0.25, 0.3) is 0 Å².